The molecule has 0 aliphatic heterocycles. The monoisotopic (exact) mass is 295 g/mol. The zero-order valence-corrected chi connectivity index (χ0v) is 12.8. The van der Waals surface area contributed by atoms with Gasteiger partial charge in [-0.25, -0.2) is 4.68 Å². The molecule has 0 radical (unpaired) electrons. The number of aromatic nitrogens is 2. The smallest absolute Gasteiger partial charge is 0.251 e. The first-order valence-corrected chi connectivity index (χ1v) is 7.84. The van der Waals surface area contributed by atoms with Crippen molar-refractivity contribution in [2.75, 3.05) is 0 Å². The zero-order valence-electron chi connectivity index (χ0n) is 12.8. The number of allylic oxidation sites excluding steroid dienone is 1. The van der Waals surface area contributed by atoms with E-state index in [4.69, 9.17) is 0 Å². The molecule has 1 amide bonds. The van der Waals surface area contributed by atoms with Crippen molar-refractivity contribution < 1.29 is 4.79 Å². The van der Waals surface area contributed by atoms with Gasteiger partial charge in [-0.3, -0.25) is 4.79 Å². The van der Waals surface area contributed by atoms with Gasteiger partial charge in [-0.1, -0.05) is 17.7 Å². The summed E-state index contributed by atoms with van der Waals surface area (Å²) in [6.45, 7) is 2.06. The van der Waals surface area contributed by atoms with Gasteiger partial charge < -0.3 is 5.32 Å². The van der Waals surface area contributed by atoms with E-state index in [1.165, 1.54) is 18.4 Å². The van der Waals surface area contributed by atoms with Crippen LogP contribution in [0.25, 0.3) is 5.69 Å². The number of carbonyl (C=O) groups excluding carboxylic acids is 1. The van der Waals surface area contributed by atoms with Gasteiger partial charge in [0.2, 0.25) is 0 Å². The largest absolute Gasteiger partial charge is 0.346 e. The Hall–Kier alpha value is -2.36. The average Bonchev–Trinajstić information content (AvgIpc) is 3.10. The molecule has 1 aromatic heterocycles. The lowest BCUT2D eigenvalue weighted by Crippen LogP contribution is -2.34. The lowest BCUT2D eigenvalue weighted by Gasteiger charge is -2.21. The minimum atomic E-state index is -0.0343. The molecule has 1 atom stereocenters. The van der Waals surface area contributed by atoms with Gasteiger partial charge in [0.25, 0.3) is 5.91 Å². The summed E-state index contributed by atoms with van der Waals surface area (Å²) in [4.78, 5) is 12.5. The Balaban J connectivity index is 1.72. The molecule has 0 saturated carbocycles. The molecule has 1 heterocycles. The maximum absolute atomic E-state index is 12.5. The van der Waals surface area contributed by atoms with Gasteiger partial charge in [-0.05, 0) is 56.9 Å². The van der Waals surface area contributed by atoms with E-state index in [2.05, 4.69) is 23.4 Å². The lowest BCUT2D eigenvalue weighted by molar-refractivity contribution is 0.0944. The van der Waals surface area contributed by atoms with Crippen LogP contribution in [0.1, 0.15) is 43.0 Å². The maximum atomic E-state index is 12.5. The Morgan fingerprint density at radius 1 is 1.32 bits per heavy atom. The summed E-state index contributed by atoms with van der Waals surface area (Å²) in [6, 6.07) is 9.49. The van der Waals surface area contributed by atoms with Crippen LogP contribution < -0.4 is 5.32 Å². The summed E-state index contributed by atoms with van der Waals surface area (Å²) in [6.07, 6.45) is 10.6. The molecule has 4 heteroatoms. The highest BCUT2D eigenvalue weighted by Gasteiger charge is 2.15. The molecule has 2 aromatic rings. The summed E-state index contributed by atoms with van der Waals surface area (Å²) in [5, 5.41) is 7.30. The molecule has 0 unspecified atom stereocenters. The van der Waals surface area contributed by atoms with Crippen molar-refractivity contribution in [3.05, 3.63) is 59.9 Å². The molecule has 114 valence electrons. The van der Waals surface area contributed by atoms with Crippen LogP contribution in [-0.4, -0.2) is 21.7 Å². The second-order valence-corrected chi connectivity index (χ2v) is 5.72. The Kier molecular flexibility index (Phi) is 4.37. The van der Waals surface area contributed by atoms with E-state index in [0.29, 0.717) is 5.56 Å². The van der Waals surface area contributed by atoms with Gasteiger partial charge in [-0.2, -0.15) is 5.10 Å². The van der Waals surface area contributed by atoms with Crippen molar-refractivity contribution in [2.45, 2.75) is 38.6 Å². The van der Waals surface area contributed by atoms with Crippen molar-refractivity contribution >= 4 is 5.91 Å². The van der Waals surface area contributed by atoms with Crippen LogP contribution in [0.4, 0.5) is 0 Å². The number of benzene rings is 1. The summed E-state index contributed by atoms with van der Waals surface area (Å²) < 4.78 is 1.75. The SMILES string of the molecule is C[C@@H](NC(=O)c1cccc(-n2cccn2)c1)C1=CCCCC1. The molecular formula is C18H21N3O. The molecule has 0 spiro atoms. The predicted molar refractivity (Wildman–Crippen MR) is 87.0 cm³/mol. The molecule has 1 aromatic carbocycles. The van der Waals surface area contributed by atoms with Gasteiger partial charge in [0.1, 0.15) is 0 Å². The van der Waals surface area contributed by atoms with Crippen LogP contribution in [0.3, 0.4) is 0 Å². The number of rotatable bonds is 4. The van der Waals surface area contributed by atoms with Gasteiger partial charge in [0.05, 0.1) is 5.69 Å². The molecule has 4 nitrogen and oxygen atoms in total. The number of amides is 1. The molecule has 1 aliphatic carbocycles. The normalized spacial score (nSPS) is 16.0. The second kappa shape index (κ2) is 6.60. The highest BCUT2D eigenvalue weighted by atomic mass is 16.1. The van der Waals surface area contributed by atoms with Gasteiger partial charge >= 0.3 is 0 Å². The highest BCUT2D eigenvalue weighted by molar-refractivity contribution is 5.95. The number of nitrogens with zero attached hydrogens (tertiary/aromatic N) is 2. The molecule has 3 rings (SSSR count). The fraction of sp³-hybridized carbons (Fsp3) is 0.333. The third kappa shape index (κ3) is 3.27. The summed E-state index contributed by atoms with van der Waals surface area (Å²) in [5.74, 6) is -0.0343. The summed E-state index contributed by atoms with van der Waals surface area (Å²) in [5.41, 5.74) is 2.90. The zero-order chi connectivity index (χ0) is 15.4. The fourth-order valence-electron chi connectivity index (χ4n) is 2.84. The summed E-state index contributed by atoms with van der Waals surface area (Å²) >= 11 is 0. The van der Waals surface area contributed by atoms with Crippen LogP contribution >= 0.6 is 0 Å². The molecule has 22 heavy (non-hydrogen) atoms. The first-order chi connectivity index (χ1) is 10.7. The Morgan fingerprint density at radius 3 is 2.95 bits per heavy atom. The number of hydrogen-bond donors (Lipinski definition) is 1. The van der Waals surface area contributed by atoms with Crippen molar-refractivity contribution in [3.8, 4) is 5.69 Å². The Labute approximate surface area is 130 Å². The van der Waals surface area contributed by atoms with E-state index in [9.17, 15) is 4.79 Å². The van der Waals surface area contributed by atoms with Crippen LogP contribution in [-0.2, 0) is 0 Å². The Morgan fingerprint density at radius 2 is 2.23 bits per heavy atom. The number of hydrogen-bond acceptors (Lipinski definition) is 2. The fourth-order valence-corrected chi connectivity index (χ4v) is 2.84. The van der Waals surface area contributed by atoms with E-state index in [-0.39, 0.29) is 11.9 Å². The topological polar surface area (TPSA) is 46.9 Å². The van der Waals surface area contributed by atoms with Crippen molar-refractivity contribution in [3.63, 3.8) is 0 Å². The van der Waals surface area contributed by atoms with Gasteiger partial charge in [-0.15, -0.1) is 0 Å². The van der Waals surface area contributed by atoms with Crippen molar-refractivity contribution in [1.29, 1.82) is 0 Å². The third-order valence-corrected chi connectivity index (χ3v) is 4.11. The van der Waals surface area contributed by atoms with Crippen LogP contribution in [0.5, 0.6) is 0 Å². The van der Waals surface area contributed by atoms with E-state index in [1.807, 2.05) is 36.5 Å². The van der Waals surface area contributed by atoms with Crippen molar-refractivity contribution in [1.82, 2.24) is 15.1 Å². The van der Waals surface area contributed by atoms with Crippen LogP contribution in [0, 0.1) is 0 Å². The van der Waals surface area contributed by atoms with E-state index in [1.54, 1.807) is 10.9 Å². The molecule has 1 aliphatic rings. The minimum absolute atomic E-state index is 0.0343. The van der Waals surface area contributed by atoms with Gasteiger partial charge in [0, 0.05) is 24.0 Å². The first kappa shape index (κ1) is 14.6. The quantitative estimate of drug-likeness (QED) is 0.878. The predicted octanol–water partition coefficient (Wildman–Crippen LogP) is 3.49. The maximum Gasteiger partial charge on any atom is 0.251 e. The lowest BCUT2D eigenvalue weighted by atomic mass is 9.94. The van der Waals surface area contributed by atoms with E-state index >= 15 is 0 Å². The standard InChI is InChI=1S/C18H21N3O/c1-14(15-7-3-2-4-8-15)20-18(22)16-9-5-10-17(13-16)21-12-6-11-19-21/h5-7,9-14H,2-4,8H2,1H3,(H,20,22)/t14-/m1/s1. The van der Waals surface area contributed by atoms with Crippen LogP contribution in [0.15, 0.2) is 54.4 Å². The second-order valence-electron chi connectivity index (χ2n) is 5.72. The molecule has 0 saturated heterocycles. The van der Waals surface area contributed by atoms with E-state index < -0.39 is 0 Å². The summed E-state index contributed by atoms with van der Waals surface area (Å²) in [7, 11) is 0. The molecule has 1 N–H and O–H groups in total. The first-order valence-electron chi connectivity index (χ1n) is 7.84. The number of nitrogens with one attached hydrogen (secondary N) is 1. The third-order valence-electron chi connectivity index (χ3n) is 4.11. The van der Waals surface area contributed by atoms with E-state index in [0.717, 1.165) is 18.5 Å². The molecule has 0 bridgehead atoms. The average molecular weight is 295 g/mol. The molecule has 0 fully saturated rings. The Bertz CT molecular complexity index is 673. The van der Waals surface area contributed by atoms with Crippen molar-refractivity contribution in [2.24, 2.45) is 0 Å². The molecular weight excluding hydrogens is 274 g/mol. The highest BCUT2D eigenvalue weighted by Crippen LogP contribution is 2.20. The van der Waals surface area contributed by atoms with Crippen LogP contribution in [0.2, 0.25) is 0 Å². The number of carbonyl (C=O) groups is 1. The minimum Gasteiger partial charge on any atom is -0.346 e. The van der Waals surface area contributed by atoms with Gasteiger partial charge in [0.15, 0.2) is 0 Å².